The van der Waals surface area contributed by atoms with Gasteiger partial charge in [-0.05, 0) is 41.3 Å². The van der Waals surface area contributed by atoms with Gasteiger partial charge in [-0.1, -0.05) is 34.1 Å². The van der Waals surface area contributed by atoms with Crippen molar-refractivity contribution >= 4 is 26.8 Å². The fourth-order valence-electron chi connectivity index (χ4n) is 2.72. The predicted octanol–water partition coefficient (Wildman–Crippen LogP) is 3.49. The third kappa shape index (κ3) is 2.79. The fraction of sp³-hybridized carbons (Fsp3) is 0.176. The maximum absolute atomic E-state index is 13.6. The summed E-state index contributed by atoms with van der Waals surface area (Å²) in [5.74, 6) is -0.370. The molecule has 0 saturated carbocycles. The number of rotatable bonds is 4. The Morgan fingerprint density at radius 1 is 1.14 bits per heavy atom. The third-order valence-electron chi connectivity index (χ3n) is 3.73. The molecule has 0 radical (unpaired) electrons. The van der Waals surface area contributed by atoms with Gasteiger partial charge in [0.25, 0.3) is 0 Å². The minimum Gasteiger partial charge on any atom is -0.394 e. The number of benzene rings is 2. The van der Waals surface area contributed by atoms with Crippen LogP contribution in [0.2, 0.25) is 0 Å². The summed E-state index contributed by atoms with van der Waals surface area (Å²) in [6.45, 7) is -0.408. The first-order valence-corrected chi connectivity index (χ1v) is 7.70. The van der Waals surface area contributed by atoms with Crippen LogP contribution in [0.15, 0.2) is 59.2 Å². The molecule has 0 bridgehead atoms. The van der Waals surface area contributed by atoms with Crippen molar-refractivity contribution in [1.29, 1.82) is 0 Å². The second kappa shape index (κ2) is 6.20. The molecule has 0 saturated heterocycles. The molecule has 1 aromatic heterocycles. The van der Waals surface area contributed by atoms with E-state index in [9.17, 15) is 14.6 Å². The topological polar surface area (TPSA) is 45.4 Å². The average molecular weight is 364 g/mol. The molecule has 2 unspecified atom stereocenters. The van der Waals surface area contributed by atoms with E-state index in [1.807, 2.05) is 35.0 Å². The monoisotopic (exact) mass is 363 g/mol. The van der Waals surface area contributed by atoms with Gasteiger partial charge in [-0.25, -0.2) is 4.39 Å². The molecule has 0 amide bonds. The third-order valence-corrected chi connectivity index (χ3v) is 4.22. The molecule has 1 heterocycles. The molecule has 114 valence electrons. The Kier molecular flexibility index (Phi) is 4.29. The van der Waals surface area contributed by atoms with Crippen LogP contribution in [0.1, 0.15) is 11.6 Å². The van der Waals surface area contributed by atoms with Crippen LogP contribution in [-0.2, 0) is 0 Å². The second-order valence-electron chi connectivity index (χ2n) is 5.18. The van der Waals surface area contributed by atoms with Crippen LogP contribution >= 0.6 is 15.9 Å². The molecule has 3 nitrogen and oxygen atoms in total. The number of aromatic nitrogens is 1. The van der Waals surface area contributed by atoms with E-state index in [2.05, 4.69) is 15.9 Å². The van der Waals surface area contributed by atoms with Gasteiger partial charge < -0.3 is 14.8 Å². The molecule has 0 fully saturated rings. The lowest BCUT2D eigenvalue weighted by molar-refractivity contribution is 0.0653. The second-order valence-corrected chi connectivity index (χ2v) is 6.09. The molecule has 0 aliphatic heterocycles. The first-order chi connectivity index (χ1) is 10.6. The van der Waals surface area contributed by atoms with Gasteiger partial charge >= 0.3 is 0 Å². The SMILES string of the molecule is OCC(O)C(c1cccc(F)c1)n1ccc2ccc(Br)cc21. The quantitative estimate of drug-likeness (QED) is 0.745. The highest BCUT2D eigenvalue weighted by Crippen LogP contribution is 2.29. The molecule has 2 atom stereocenters. The lowest BCUT2D eigenvalue weighted by Crippen LogP contribution is -2.28. The Balaban J connectivity index is 2.18. The molecule has 3 rings (SSSR count). The van der Waals surface area contributed by atoms with E-state index >= 15 is 0 Å². The van der Waals surface area contributed by atoms with E-state index < -0.39 is 18.8 Å². The first-order valence-electron chi connectivity index (χ1n) is 6.90. The number of fused-ring (bicyclic) bond motifs is 1. The van der Waals surface area contributed by atoms with Gasteiger partial charge in [0.1, 0.15) is 11.9 Å². The van der Waals surface area contributed by atoms with Crippen molar-refractivity contribution in [2.75, 3.05) is 6.61 Å². The van der Waals surface area contributed by atoms with Crippen molar-refractivity contribution in [3.63, 3.8) is 0 Å². The highest BCUT2D eigenvalue weighted by Gasteiger charge is 2.24. The van der Waals surface area contributed by atoms with Gasteiger partial charge in [0.2, 0.25) is 0 Å². The summed E-state index contributed by atoms with van der Waals surface area (Å²) in [4.78, 5) is 0. The first kappa shape index (κ1) is 15.2. The Morgan fingerprint density at radius 3 is 2.68 bits per heavy atom. The van der Waals surface area contributed by atoms with Crippen molar-refractivity contribution in [3.8, 4) is 0 Å². The van der Waals surface area contributed by atoms with Crippen molar-refractivity contribution in [1.82, 2.24) is 4.57 Å². The van der Waals surface area contributed by atoms with Crippen molar-refractivity contribution in [2.45, 2.75) is 12.1 Å². The molecule has 2 N–H and O–H groups in total. The number of halogens is 2. The lowest BCUT2D eigenvalue weighted by Gasteiger charge is -2.25. The van der Waals surface area contributed by atoms with Gasteiger partial charge in [-0.15, -0.1) is 0 Å². The summed E-state index contributed by atoms with van der Waals surface area (Å²) < 4.78 is 16.3. The molecular formula is C17H15BrFNO2. The zero-order valence-electron chi connectivity index (χ0n) is 11.7. The van der Waals surface area contributed by atoms with Crippen molar-refractivity contribution in [2.24, 2.45) is 0 Å². The molecule has 22 heavy (non-hydrogen) atoms. The lowest BCUT2D eigenvalue weighted by atomic mass is 10.0. The minimum absolute atomic E-state index is 0.370. The van der Waals surface area contributed by atoms with Gasteiger partial charge in [-0.3, -0.25) is 0 Å². The summed E-state index contributed by atoms with van der Waals surface area (Å²) in [6.07, 6.45) is 0.808. The maximum atomic E-state index is 13.6. The van der Waals surface area contributed by atoms with E-state index in [0.717, 1.165) is 15.4 Å². The largest absolute Gasteiger partial charge is 0.394 e. The summed E-state index contributed by atoms with van der Waals surface area (Å²) >= 11 is 3.44. The van der Waals surface area contributed by atoms with E-state index in [1.54, 1.807) is 12.1 Å². The van der Waals surface area contributed by atoms with E-state index in [0.29, 0.717) is 5.56 Å². The van der Waals surface area contributed by atoms with Crippen LogP contribution in [-0.4, -0.2) is 27.5 Å². The average Bonchev–Trinajstić information content (AvgIpc) is 2.90. The fourth-order valence-corrected chi connectivity index (χ4v) is 3.07. The molecule has 0 aliphatic rings. The standard InChI is InChI=1S/C17H15BrFNO2/c18-13-5-4-11-6-7-20(15(11)9-13)17(16(22)10-21)12-2-1-3-14(19)8-12/h1-9,16-17,21-22H,10H2. The summed E-state index contributed by atoms with van der Waals surface area (Å²) in [5.41, 5.74) is 1.51. The Bertz CT molecular complexity index is 802. The zero-order valence-corrected chi connectivity index (χ0v) is 13.2. The van der Waals surface area contributed by atoms with Crippen LogP contribution in [0, 0.1) is 5.82 Å². The molecular weight excluding hydrogens is 349 g/mol. The van der Waals surface area contributed by atoms with Crippen LogP contribution in [0.25, 0.3) is 10.9 Å². The minimum atomic E-state index is -1.03. The van der Waals surface area contributed by atoms with Crippen LogP contribution in [0.3, 0.4) is 0 Å². The van der Waals surface area contributed by atoms with Crippen molar-refractivity contribution < 1.29 is 14.6 Å². The highest BCUT2D eigenvalue weighted by atomic mass is 79.9. The van der Waals surface area contributed by atoms with E-state index in [1.165, 1.54) is 12.1 Å². The molecule has 0 aliphatic carbocycles. The van der Waals surface area contributed by atoms with Crippen molar-refractivity contribution in [3.05, 3.63) is 70.6 Å². The number of nitrogens with zero attached hydrogens (tertiary/aromatic N) is 1. The van der Waals surface area contributed by atoms with Gasteiger partial charge in [0, 0.05) is 16.2 Å². The van der Waals surface area contributed by atoms with Gasteiger partial charge in [0.15, 0.2) is 0 Å². The maximum Gasteiger partial charge on any atom is 0.123 e. The van der Waals surface area contributed by atoms with Crippen LogP contribution < -0.4 is 0 Å². The van der Waals surface area contributed by atoms with Gasteiger partial charge in [0.05, 0.1) is 12.6 Å². The number of aliphatic hydroxyl groups is 2. The van der Waals surface area contributed by atoms with Crippen LogP contribution in [0.5, 0.6) is 0 Å². The molecule has 0 spiro atoms. The predicted molar refractivity (Wildman–Crippen MR) is 87.3 cm³/mol. The molecule has 3 aromatic rings. The Hall–Kier alpha value is -1.69. The molecule has 5 heteroatoms. The number of hydrogen-bond acceptors (Lipinski definition) is 2. The van der Waals surface area contributed by atoms with E-state index in [-0.39, 0.29) is 5.82 Å². The van der Waals surface area contributed by atoms with E-state index in [4.69, 9.17) is 0 Å². The number of aliphatic hydroxyl groups excluding tert-OH is 2. The number of hydrogen-bond donors (Lipinski definition) is 2. The summed E-state index contributed by atoms with van der Waals surface area (Å²) in [5, 5.41) is 20.7. The Labute approximate surface area is 135 Å². The smallest absolute Gasteiger partial charge is 0.123 e. The van der Waals surface area contributed by atoms with Gasteiger partial charge in [-0.2, -0.15) is 0 Å². The summed E-state index contributed by atoms with van der Waals surface area (Å²) in [7, 11) is 0. The Morgan fingerprint density at radius 2 is 1.95 bits per heavy atom. The zero-order chi connectivity index (χ0) is 15.7. The molecule has 2 aromatic carbocycles. The normalized spacial score (nSPS) is 14.2. The highest BCUT2D eigenvalue weighted by molar-refractivity contribution is 9.10. The summed E-state index contributed by atoms with van der Waals surface area (Å²) in [6, 6.07) is 13.3. The van der Waals surface area contributed by atoms with Crippen LogP contribution in [0.4, 0.5) is 4.39 Å².